The molecule has 0 spiro atoms. The van der Waals surface area contributed by atoms with E-state index in [0.29, 0.717) is 17.7 Å². The van der Waals surface area contributed by atoms with Crippen LogP contribution in [0.15, 0.2) is 18.2 Å². The van der Waals surface area contributed by atoms with E-state index < -0.39 is 0 Å². The van der Waals surface area contributed by atoms with Gasteiger partial charge >= 0.3 is 0 Å². The van der Waals surface area contributed by atoms with Gasteiger partial charge in [0.05, 0.1) is 7.11 Å². The van der Waals surface area contributed by atoms with Gasteiger partial charge in [-0.05, 0) is 38.6 Å². The Morgan fingerprint density at radius 1 is 1.30 bits per heavy atom. The maximum absolute atomic E-state index is 13.9. The van der Waals surface area contributed by atoms with Gasteiger partial charge in [-0.1, -0.05) is 6.07 Å². The van der Waals surface area contributed by atoms with Crippen LogP contribution in [0.3, 0.4) is 0 Å². The monoisotopic (exact) mass is 284 g/mol. The second-order valence-corrected chi connectivity index (χ2v) is 4.90. The topological polar surface area (TPSA) is 47.7 Å². The van der Waals surface area contributed by atoms with Crippen LogP contribution in [0.25, 0.3) is 0 Å². The van der Waals surface area contributed by atoms with Crippen molar-refractivity contribution in [1.82, 2.24) is 4.90 Å². The summed E-state index contributed by atoms with van der Waals surface area (Å²) in [7, 11) is 5.25. The number of rotatable bonds is 9. The Morgan fingerprint density at radius 3 is 2.70 bits per heavy atom. The third kappa shape index (κ3) is 5.07. The Balaban J connectivity index is 2.52. The van der Waals surface area contributed by atoms with Crippen LogP contribution in [0.5, 0.6) is 5.75 Å². The first kappa shape index (κ1) is 16.9. The highest BCUT2D eigenvalue weighted by molar-refractivity contribution is 5.37. The fourth-order valence-corrected chi connectivity index (χ4v) is 2.15. The number of nitrogens with zero attached hydrogens (tertiary/aromatic N) is 1. The van der Waals surface area contributed by atoms with E-state index in [1.165, 1.54) is 13.2 Å². The van der Waals surface area contributed by atoms with Gasteiger partial charge in [-0.25, -0.2) is 4.39 Å². The number of hydrogen-bond acceptors (Lipinski definition) is 4. The van der Waals surface area contributed by atoms with Gasteiger partial charge in [0.15, 0.2) is 0 Å². The van der Waals surface area contributed by atoms with E-state index in [1.807, 2.05) is 7.05 Å². The zero-order valence-electron chi connectivity index (χ0n) is 12.6. The predicted octanol–water partition coefficient (Wildman–Crippen LogP) is 2.19. The highest BCUT2D eigenvalue weighted by Gasteiger charge is 2.17. The maximum atomic E-state index is 13.9. The third-order valence-corrected chi connectivity index (χ3v) is 3.31. The van der Waals surface area contributed by atoms with Crippen molar-refractivity contribution in [2.45, 2.75) is 18.9 Å². The Kier molecular flexibility index (Phi) is 7.51. The normalized spacial score (nSPS) is 12.7. The average molecular weight is 284 g/mol. The molecule has 0 aliphatic heterocycles. The largest absolute Gasteiger partial charge is 0.496 e. The number of ether oxygens (including phenoxy) is 2. The number of nitrogens with two attached hydrogens (primary N) is 1. The van der Waals surface area contributed by atoms with Crippen LogP contribution in [-0.4, -0.2) is 45.9 Å². The zero-order chi connectivity index (χ0) is 15.0. The highest BCUT2D eigenvalue weighted by Crippen LogP contribution is 2.28. The molecule has 5 heteroatoms. The van der Waals surface area contributed by atoms with Crippen molar-refractivity contribution in [3.8, 4) is 5.75 Å². The number of methoxy groups -OCH3 is 2. The fourth-order valence-electron chi connectivity index (χ4n) is 2.15. The SMILES string of the molecule is COCCCN(C)CCC(N)c1c(F)cccc1OC. The zero-order valence-corrected chi connectivity index (χ0v) is 12.6. The molecule has 1 aromatic rings. The lowest BCUT2D eigenvalue weighted by molar-refractivity contribution is 0.178. The molecule has 1 atom stereocenters. The van der Waals surface area contributed by atoms with Gasteiger partial charge in [-0.15, -0.1) is 0 Å². The molecule has 20 heavy (non-hydrogen) atoms. The summed E-state index contributed by atoms with van der Waals surface area (Å²) in [6.07, 6.45) is 1.66. The van der Waals surface area contributed by atoms with Crippen molar-refractivity contribution in [3.05, 3.63) is 29.6 Å². The van der Waals surface area contributed by atoms with Gasteiger partial charge in [0.2, 0.25) is 0 Å². The molecule has 114 valence electrons. The van der Waals surface area contributed by atoms with Gasteiger partial charge in [0.1, 0.15) is 11.6 Å². The molecule has 1 aromatic carbocycles. The minimum absolute atomic E-state index is 0.307. The Labute approximate surface area is 120 Å². The minimum Gasteiger partial charge on any atom is -0.496 e. The molecule has 0 aliphatic rings. The van der Waals surface area contributed by atoms with Crippen molar-refractivity contribution >= 4 is 0 Å². The second-order valence-electron chi connectivity index (χ2n) is 4.90. The van der Waals surface area contributed by atoms with Crippen molar-refractivity contribution in [2.75, 3.05) is 41.0 Å². The Morgan fingerprint density at radius 2 is 2.05 bits per heavy atom. The van der Waals surface area contributed by atoms with Crippen LogP contribution < -0.4 is 10.5 Å². The number of hydrogen-bond donors (Lipinski definition) is 1. The summed E-state index contributed by atoms with van der Waals surface area (Å²) in [6.45, 7) is 2.49. The summed E-state index contributed by atoms with van der Waals surface area (Å²) in [5.41, 5.74) is 6.56. The molecule has 0 aromatic heterocycles. The van der Waals surface area contributed by atoms with Crippen molar-refractivity contribution in [1.29, 1.82) is 0 Å². The van der Waals surface area contributed by atoms with Gasteiger partial charge in [-0.3, -0.25) is 0 Å². The van der Waals surface area contributed by atoms with Crippen LogP contribution in [0.4, 0.5) is 4.39 Å². The third-order valence-electron chi connectivity index (χ3n) is 3.31. The summed E-state index contributed by atoms with van der Waals surface area (Å²) >= 11 is 0. The van der Waals surface area contributed by atoms with Gasteiger partial charge in [0, 0.05) is 31.9 Å². The van der Waals surface area contributed by atoms with Crippen molar-refractivity contribution in [3.63, 3.8) is 0 Å². The minimum atomic E-state index is -0.365. The lowest BCUT2D eigenvalue weighted by Crippen LogP contribution is -2.26. The quantitative estimate of drug-likeness (QED) is 0.706. The first-order valence-electron chi connectivity index (χ1n) is 6.85. The van der Waals surface area contributed by atoms with E-state index in [9.17, 15) is 4.39 Å². The molecule has 1 unspecified atom stereocenters. The summed E-state index contributed by atoms with van der Waals surface area (Å²) in [5.74, 6) is 0.207. The standard InChI is InChI=1S/C15H25FN2O2/c1-18(9-5-11-19-2)10-8-13(17)15-12(16)6-4-7-14(15)20-3/h4,6-7,13H,5,8-11,17H2,1-3H3. The molecule has 0 bridgehead atoms. The van der Waals surface area contributed by atoms with E-state index in [2.05, 4.69) is 4.90 Å². The molecule has 0 aliphatic carbocycles. The van der Waals surface area contributed by atoms with Crippen LogP contribution in [0, 0.1) is 5.82 Å². The van der Waals surface area contributed by atoms with Crippen molar-refractivity contribution in [2.24, 2.45) is 5.73 Å². The fraction of sp³-hybridized carbons (Fsp3) is 0.600. The molecule has 0 saturated heterocycles. The lowest BCUT2D eigenvalue weighted by atomic mass is 10.0. The highest BCUT2D eigenvalue weighted by atomic mass is 19.1. The molecule has 0 amide bonds. The van der Waals surface area contributed by atoms with Crippen LogP contribution in [0.1, 0.15) is 24.4 Å². The van der Waals surface area contributed by atoms with Crippen molar-refractivity contribution < 1.29 is 13.9 Å². The van der Waals surface area contributed by atoms with E-state index in [4.69, 9.17) is 15.2 Å². The number of halogens is 1. The molecular weight excluding hydrogens is 259 g/mol. The predicted molar refractivity (Wildman–Crippen MR) is 78.5 cm³/mol. The first-order valence-corrected chi connectivity index (χ1v) is 6.85. The first-order chi connectivity index (χ1) is 9.60. The van der Waals surface area contributed by atoms with E-state index in [1.54, 1.807) is 19.2 Å². The molecule has 0 saturated carbocycles. The summed E-state index contributed by atoms with van der Waals surface area (Å²) in [5, 5.41) is 0. The lowest BCUT2D eigenvalue weighted by Gasteiger charge is -2.21. The summed E-state index contributed by atoms with van der Waals surface area (Å²) < 4.78 is 24.1. The van der Waals surface area contributed by atoms with Gasteiger partial charge < -0.3 is 20.1 Å². The molecule has 4 nitrogen and oxygen atoms in total. The number of benzene rings is 1. The maximum Gasteiger partial charge on any atom is 0.131 e. The smallest absolute Gasteiger partial charge is 0.131 e. The second kappa shape index (κ2) is 8.89. The van der Waals surface area contributed by atoms with Gasteiger partial charge in [0.25, 0.3) is 0 Å². The molecule has 2 N–H and O–H groups in total. The molecule has 1 rings (SSSR count). The van der Waals surface area contributed by atoms with E-state index in [0.717, 1.165) is 26.1 Å². The van der Waals surface area contributed by atoms with E-state index in [-0.39, 0.29) is 11.9 Å². The van der Waals surface area contributed by atoms with Gasteiger partial charge in [-0.2, -0.15) is 0 Å². The van der Waals surface area contributed by atoms with Crippen LogP contribution in [0.2, 0.25) is 0 Å². The van der Waals surface area contributed by atoms with Crippen LogP contribution >= 0.6 is 0 Å². The Hall–Kier alpha value is -1.17. The summed E-state index contributed by atoms with van der Waals surface area (Å²) in [4.78, 5) is 2.17. The van der Waals surface area contributed by atoms with E-state index >= 15 is 0 Å². The van der Waals surface area contributed by atoms with Crippen LogP contribution in [-0.2, 0) is 4.74 Å². The average Bonchev–Trinajstić information content (AvgIpc) is 2.44. The molecule has 0 fully saturated rings. The molecule has 0 radical (unpaired) electrons. The molecular formula is C15H25FN2O2. The molecule has 0 heterocycles. The Bertz CT molecular complexity index is 401. The summed E-state index contributed by atoms with van der Waals surface area (Å²) in [6, 6.07) is 4.41.